The van der Waals surface area contributed by atoms with Crippen LogP contribution in [0.2, 0.25) is 5.28 Å². The maximum absolute atomic E-state index is 11.5. The minimum atomic E-state index is -0.428. The van der Waals surface area contributed by atoms with E-state index in [4.69, 9.17) is 16.3 Å². The van der Waals surface area contributed by atoms with Crippen LogP contribution in [0.3, 0.4) is 0 Å². The summed E-state index contributed by atoms with van der Waals surface area (Å²) in [5.41, 5.74) is 5.13. The summed E-state index contributed by atoms with van der Waals surface area (Å²) in [6, 6.07) is 17.8. The van der Waals surface area contributed by atoms with Crippen LogP contribution in [0.25, 0.3) is 11.2 Å². The quantitative estimate of drug-likeness (QED) is 0.428. The van der Waals surface area contributed by atoms with Crippen LogP contribution in [0, 0.1) is 0 Å². The van der Waals surface area contributed by atoms with E-state index in [0.717, 1.165) is 24.1 Å². The summed E-state index contributed by atoms with van der Waals surface area (Å²) < 4.78 is 8.84. The van der Waals surface area contributed by atoms with Gasteiger partial charge in [-0.15, -0.1) is 0 Å². The van der Waals surface area contributed by atoms with E-state index in [1.165, 1.54) is 47.3 Å². The normalized spacial score (nSPS) is 19.7. The molecule has 3 aliphatic carbocycles. The maximum atomic E-state index is 11.5. The van der Waals surface area contributed by atoms with Crippen molar-refractivity contribution in [2.75, 3.05) is 27.2 Å². The van der Waals surface area contributed by atoms with Gasteiger partial charge in [0.05, 0.1) is 6.61 Å². The summed E-state index contributed by atoms with van der Waals surface area (Å²) in [5.74, 6) is 0.548. The van der Waals surface area contributed by atoms with Gasteiger partial charge in [-0.1, -0.05) is 48.5 Å². The number of rotatable bonds is 4. The molecule has 9 heteroatoms. The molecule has 1 N–H and O–H groups in total. The molecule has 188 valence electrons. The molecule has 0 aliphatic heterocycles. The highest BCUT2D eigenvalue weighted by Crippen LogP contribution is 2.56. The second-order valence-corrected chi connectivity index (χ2v) is 10.0. The number of hydrogen-bond donors (Lipinski definition) is 1. The summed E-state index contributed by atoms with van der Waals surface area (Å²) in [5, 5.41) is 0.0956. The Morgan fingerprint density at radius 1 is 1.06 bits per heavy atom. The molecule has 7 rings (SSSR count). The van der Waals surface area contributed by atoms with E-state index in [9.17, 15) is 9.59 Å². The Bertz CT molecular complexity index is 1500. The number of halogens is 1. The number of aromatic amines is 1. The fourth-order valence-electron chi connectivity index (χ4n) is 5.51. The summed E-state index contributed by atoms with van der Waals surface area (Å²) in [4.78, 5) is 31.6. The second kappa shape index (κ2) is 9.35. The minimum Gasteiger partial charge on any atom is -0.364 e. The van der Waals surface area contributed by atoms with E-state index in [1.54, 1.807) is 0 Å². The summed E-state index contributed by atoms with van der Waals surface area (Å²) in [6.07, 6.45) is 2.29. The minimum absolute atomic E-state index is 0.0956. The van der Waals surface area contributed by atoms with Crippen molar-refractivity contribution >= 4 is 22.8 Å². The zero-order valence-corrected chi connectivity index (χ0v) is 21.7. The van der Waals surface area contributed by atoms with Crippen molar-refractivity contribution in [1.29, 1.82) is 0 Å². The van der Waals surface area contributed by atoms with Crippen molar-refractivity contribution in [3.63, 3.8) is 0 Å². The van der Waals surface area contributed by atoms with Gasteiger partial charge in [0.2, 0.25) is 5.28 Å². The lowest BCUT2D eigenvalue weighted by Gasteiger charge is -2.49. The molecule has 4 aromatic rings. The number of H-pyrrole nitrogens is 1. The van der Waals surface area contributed by atoms with Crippen molar-refractivity contribution in [1.82, 2.24) is 24.0 Å². The number of imidazole rings is 1. The standard InChI is InChI=1S/C20H23NO.C7H7ClN4O2/c1-21(2)13-14-22-20-12-11-15(16-7-3-5-9-18(16)20)17-8-4-6-10-19(17)20;1-11-4-3(9-6(8)10-4)5(13)12(2)7(11)14/h3-10,15H,11-14H2,1-2H3;1-2H3,(H,9,10). The molecule has 2 aromatic carbocycles. The van der Waals surface area contributed by atoms with Crippen LogP contribution in [0.1, 0.15) is 41.0 Å². The van der Waals surface area contributed by atoms with E-state index in [0.29, 0.717) is 5.92 Å². The third kappa shape index (κ3) is 3.89. The molecule has 0 atom stereocenters. The SMILES string of the molecule is CN(C)CCOC12CCC(c3ccccc31)c1ccccc12.Cn1c(=O)c2[nH]c(Cl)nc2n(C)c1=O. The average molecular weight is 508 g/mol. The predicted molar refractivity (Wildman–Crippen MR) is 141 cm³/mol. The van der Waals surface area contributed by atoms with Crippen LogP contribution in [0.4, 0.5) is 0 Å². The lowest BCUT2D eigenvalue weighted by molar-refractivity contribution is -0.0436. The van der Waals surface area contributed by atoms with Crippen molar-refractivity contribution in [3.8, 4) is 0 Å². The topological polar surface area (TPSA) is 85.2 Å². The molecular formula is C27H30ClN5O3. The monoisotopic (exact) mass is 507 g/mol. The molecule has 0 fully saturated rings. The Morgan fingerprint density at radius 3 is 2.28 bits per heavy atom. The molecule has 2 heterocycles. The molecule has 36 heavy (non-hydrogen) atoms. The van der Waals surface area contributed by atoms with Crippen molar-refractivity contribution in [2.24, 2.45) is 14.1 Å². The highest BCUT2D eigenvalue weighted by Gasteiger charge is 2.48. The third-order valence-corrected chi connectivity index (χ3v) is 7.46. The molecule has 3 aliphatic rings. The van der Waals surface area contributed by atoms with Gasteiger partial charge in [0.25, 0.3) is 5.56 Å². The van der Waals surface area contributed by atoms with Gasteiger partial charge in [0.1, 0.15) is 5.60 Å². The number of benzene rings is 2. The van der Waals surface area contributed by atoms with Gasteiger partial charge in [-0.3, -0.25) is 13.9 Å². The number of nitrogens with zero attached hydrogens (tertiary/aromatic N) is 4. The van der Waals surface area contributed by atoms with Crippen LogP contribution >= 0.6 is 11.6 Å². The lowest BCUT2D eigenvalue weighted by atomic mass is 9.61. The molecule has 2 bridgehead atoms. The van der Waals surface area contributed by atoms with Gasteiger partial charge < -0.3 is 14.6 Å². The first-order chi connectivity index (χ1) is 17.2. The van der Waals surface area contributed by atoms with E-state index in [-0.39, 0.29) is 22.0 Å². The van der Waals surface area contributed by atoms with Crippen molar-refractivity contribution < 1.29 is 4.74 Å². The number of aryl methyl sites for hydroxylation is 1. The Balaban J connectivity index is 0.000000165. The largest absolute Gasteiger partial charge is 0.364 e. The Morgan fingerprint density at radius 2 is 1.67 bits per heavy atom. The molecule has 8 nitrogen and oxygen atoms in total. The fourth-order valence-corrected chi connectivity index (χ4v) is 5.68. The fraction of sp³-hybridized carbons (Fsp3) is 0.370. The third-order valence-electron chi connectivity index (χ3n) is 7.28. The molecule has 0 unspecified atom stereocenters. The van der Waals surface area contributed by atoms with Gasteiger partial charge >= 0.3 is 5.69 Å². The van der Waals surface area contributed by atoms with Gasteiger partial charge in [-0.2, -0.15) is 4.98 Å². The summed E-state index contributed by atoms with van der Waals surface area (Å²) in [7, 11) is 7.13. The molecular weight excluding hydrogens is 478 g/mol. The molecule has 0 spiro atoms. The zero-order valence-electron chi connectivity index (χ0n) is 20.9. The Labute approximate surface area is 214 Å². The van der Waals surface area contributed by atoms with Crippen LogP contribution in [0.5, 0.6) is 0 Å². The lowest BCUT2D eigenvalue weighted by Crippen LogP contribution is -2.43. The molecule has 0 saturated heterocycles. The van der Waals surface area contributed by atoms with E-state index < -0.39 is 11.2 Å². The highest BCUT2D eigenvalue weighted by molar-refractivity contribution is 6.28. The zero-order chi connectivity index (χ0) is 25.6. The average Bonchev–Trinajstić information content (AvgIpc) is 3.29. The van der Waals surface area contributed by atoms with Gasteiger partial charge in [0.15, 0.2) is 11.2 Å². The molecule has 0 amide bonds. The first-order valence-corrected chi connectivity index (χ1v) is 12.4. The van der Waals surface area contributed by atoms with Crippen LogP contribution in [-0.2, 0) is 24.4 Å². The summed E-state index contributed by atoms with van der Waals surface area (Å²) >= 11 is 5.60. The first-order valence-electron chi connectivity index (χ1n) is 12.0. The Hall–Kier alpha value is -3.20. The number of fused-ring (bicyclic) bond motifs is 2. The smallest absolute Gasteiger partial charge is 0.332 e. The van der Waals surface area contributed by atoms with Crippen LogP contribution in [0.15, 0.2) is 58.1 Å². The van der Waals surface area contributed by atoms with Gasteiger partial charge in [0, 0.05) is 26.6 Å². The van der Waals surface area contributed by atoms with Crippen LogP contribution in [-0.4, -0.2) is 51.2 Å². The first kappa shape index (κ1) is 24.5. The van der Waals surface area contributed by atoms with Crippen molar-refractivity contribution in [2.45, 2.75) is 24.4 Å². The highest BCUT2D eigenvalue weighted by atomic mass is 35.5. The van der Waals surface area contributed by atoms with E-state index >= 15 is 0 Å². The van der Waals surface area contributed by atoms with Crippen LogP contribution < -0.4 is 11.2 Å². The summed E-state index contributed by atoms with van der Waals surface area (Å²) in [6.45, 7) is 1.72. The predicted octanol–water partition coefficient (Wildman–Crippen LogP) is 3.36. The number of likely N-dealkylation sites (N-methyl/N-ethyl adjacent to an activating group) is 1. The van der Waals surface area contributed by atoms with Crippen molar-refractivity contribution in [3.05, 3.63) is 96.9 Å². The Kier molecular flexibility index (Phi) is 6.36. The van der Waals surface area contributed by atoms with E-state index in [2.05, 4.69) is 77.5 Å². The van der Waals surface area contributed by atoms with Gasteiger partial charge in [-0.25, -0.2) is 4.79 Å². The molecule has 0 radical (unpaired) electrons. The second-order valence-electron chi connectivity index (χ2n) is 9.68. The number of nitrogens with one attached hydrogen (secondary N) is 1. The number of hydrogen-bond acceptors (Lipinski definition) is 5. The van der Waals surface area contributed by atoms with E-state index in [1.807, 2.05) is 0 Å². The molecule has 2 aromatic heterocycles. The number of ether oxygens (including phenoxy) is 1. The molecule has 0 saturated carbocycles. The van der Waals surface area contributed by atoms with Gasteiger partial charge in [-0.05, 0) is 60.8 Å². The maximum Gasteiger partial charge on any atom is 0.332 e. The number of aromatic nitrogens is 4.